The van der Waals surface area contributed by atoms with Crippen LogP contribution in [0.3, 0.4) is 0 Å². The van der Waals surface area contributed by atoms with Gasteiger partial charge in [0.05, 0.1) is 27.9 Å². The van der Waals surface area contributed by atoms with Crippen LogP contribution < -0.4 is 5.32 Å². The summed E-state index contributed by atoms with van der Waals surface area (Å²) in [5.41, 5.74) is 0.572. The third kappa shape index (κ3) is 4.75. The molecule has 1 N–H and O–H groups in total. The summed E-state index contributed by atoms with van der Waals surface area (Å²) in [6.45, 7) is 2.06. The molecule has 0 fully saturated rings. The Morgan fingerprint density at radius 1 is 1.26 bits per heavy atom. The molecule has 19 heavy (non-hydrogen) atoms. The summed E-state index contributed by atoms with van der Waals surface area (Å²) >= 11 is 17.9. The number of unbranched alkanes of at least 4 members (excludes halogenated alkanes) is 1. The predicted octanol–water partition coefficient (Wildman–Crippen LogP) is 4.79. The van der Waals surface area contributed by atoms with Crippen LogP contribution in [-0.4, -0.2) is 19.1 Å². The lowest BCUT2D eigenvalue weighted by molar-refractivity contribution is -0.141. The summed E-state index contributed by atoms with van der Waals surface area (Å²) in [7, 11) is 1.36. The van der Waals surface area contributed by atoms with Crippen molar-refractivity contribution in [3.8, 4) is 0 Å². The fourth-order valence-electron chi connectivity index (χ4n) is 1.62. The Morgan fingerprint density at radius 2 is 1.89 bits per heavy atom. The Labute approximate surface area is 128 Å². The fraction of sp³-hybridized carbons (Fsp3) is 0.462. The molecule has 0 aromatic heterocycles. The Balaban J connectivity index is 2.89. The van der Waals surface area contributed by atoms with E-state index in [9.17, 15) is 4.79 Å². The zero-order chi connectivity index (χ0) is 14.4. The molecular formula is C13H16Cl3NO2. The Bertz CT molecular complexity index is 452. The van der Waals surface area contributed by atoms with Gasteiger partial charge in [0.15, 0.2) is 0 Å². The standard InChI is InChI=1S/C13H16Cl3NO2/c1-3-4-5-11(13(18)19-2)17-12-7-9(15)8(14)6-10(12)16/h6-7,11,17H,3-5H2,1-2H3. The molecule has 1 rings (SSSR count). The van der Waals surface area contributed by atoms with Crippen molar-refractivity contribution in [2.24, 2.45) is 0 Å². The van der Waals surface area contributed by atoms with E-state index in [4.69, 9.17) is 39.5 Å². The number of hydrogen-bond acceptors (Lipinski definition) is 3. The van der Waals surface area contributed by atoms with E-state index < -0.39 is 6.04 Å². The minimum absolute atomic E-state index is 0.324. The van der Waals surface area contributed by atoms with Crippen LogP contribution >= 0.6 is 34.8 Å². The SMILES string of the molecule is CCCCC(Nc1cc(Cl)c(Cl)cc1Cl)C(=O)OC. The van der Waals surface area contributed by atoms with E-state index >= 15 is 0 Å². The molecule has 0 aliphatic carbocycles. The van der Waals surface area contributed by atoms with Gasteiger partial charge in [-0.15, -0.1) is 0 Å². The van der Waals surface area contributed by atoms with Crippen LogP contribution in [0.25, 0.3) is 0 Å². The number of nitrogens with one attached hydrogen (secondary N) is 1. The number of benzene rings is 1. The maximum absolute atomic E-state index is 11.7. The van der Waals surface area contributed by atoms with Crippen LogP contribution in [0.4, 0.5) is 5.69 Å². The number of rotatable bonds is 6. The van der Waals surface area contributed by atoms with Crippen LogP contribution in [0.5, 0.6) is 0 Å². The van der Waals surface area contributed by atoms with E-state index in [1.807, 2.05) is 0 Å². The zero-order valence-electron chi connectivity index (χ0n) is 10.8. The average molecular weight is 325 g/mol. The minimum Gasteiger partial charge on any atom is -0.467 e. The fourth-order valence-corrected chi connectivity index (χ4v) is 2.22. The van der Waals surface area contributed by atoms with E-state index in [-0.39, 0.29) is 5.97 Å². The van der Waals surface area contributed by atoms with Gasteiger partial charge in [0.25, 0.3) is 0 Å². The highest BCUT2D eigenvalue weighted by atomic mass is 35.5. The lowest BCUT2D eigenvalue weighted by atomic mass is 10.1. The van der Waals surface area contributed by atoms with Gasteiger partial charge in [-0.2, -0.15) is 0 Å². The smallest absolute Gasteiger partial charge is 0.328 e. The highest BCUT2D eigenvalue weighted by Crippen LogP contribution is 2.32. The second-order valence-corrected chi connectivity index (χ2v) is 5.33. The van der Waals surface area contributed by atoms with Crippen LogP contribution in [0.2, 0.25) is 15.1 Å². The molecule has 0 aliphatic rings. The number of carbonyl (C=O) groups excluding carboxylic acids is 1. The molecule has 0 heterocycles. The maximum Gasteiger partial charge on any atom is 0.328 e. The average Bonchev–Trinajstić information content (AvgIpc) is 2.39. The van der Waals surface area contributed by atoms with Gasteiger partial charge in [-0.1, -0.05) is 54.6 Å². The van der Waals surface area contributed by atoms with Crippen LogP contribution in [-0.2, 0) is 9.53 Å². The van der Waals surface area contributed by atoms with Gasteiger partial charge in [0, 0.05) is 0 Å². The van der Waals surface area contributed by atoms with E-state index in [0.717, 1.165) is 12.8 Å². The van der Waals surface area contributed by atoms with E-state index in [1.165, 1.54) is 7.11 Å². The summed E-state index contributed by atoms with van der Waals surface area (Å²) in [6, 6.07) is 2.70. The number of esters is 1. The van der Waals surface area contributed by atoms with Gasteiger partial charge in [-0.3, -0.25) is 0 Å². The van der Waals surface area contributed by atoms with Gasteiger partial charge in [-0.05, 0) is 18.6 Å². The summed E-state index contributed by atoms with van der Waals surface area (Å²) in [5, 5.41) is 4.23. The molecule has 0 saturated carbocycles. The van der Waals surface area contributed by atoms with Gasteiger partial charge in [0.2, 0.25) is 0 Å². The molecule has 0 aliphatic heterocycles. The predicted molar refractivity (Wildman–Crippen MR) is 80.4 cm³/mol. The Kier molecular flexibility index (Phi) is 6.76. The quantitative estimate of drug-likeness (QED) is 0.604. The van der Waals surface area contributed by atoms with Crippen LogP contribution in [0.15, 0.2) is 12.1 Å². The molecule has 1 atom stereocenters. The lowest BCUT2D eigenvalue weighted by Crippen LogP contribution is -2.30. The van der Waals surface area contributed by atoms with Gasteiger partial charge in [-0.25, -0.2) is 4.79 Å². The number of carbonyl (C=O) groups is 1. The van der Waals surface area contributed by atoms with Crippen LogP contribution in [0, 0.1) is 0 Å². The number of halogens is 3. The largest absolute Gasteiger partial charge is 0.467 e. The third-order valence-electron chi connectivity index (χ3n) is 2.67. The minimum atomic E-state index is -0.445. The third-order valence-corrected chi connectivity index (χ3v) is 3.71. The molecule has 0 amide bonds. The topological polar surface area (TPSA) is 38.3 Å². The highest BCUT2D eigenvalue weighted by Gasteiger charge is 2.19. The first kappa shape index (κ1) is 16.4. The normalized spacial score (nSPS) is 12.1. The lowest BCUT2D eigenvalue weighted by Gasteiger charge is -2.18. The van der Waals surface area contributed by atoms with Crippen LogP contribution in [0.1, 0.15) is 26.2 Å². The summed E-state index contributed by atoms with van der Waals surface area (Å²) in [4.78, 5) is 11.7. The molecule has 1 aromatic carbocycles. The van der Waals surface area contributed by atoms with E-state index in [0.29, 0.717) is 27.2 Å². The first-order valence-electron chi connectivity index (χ1n) is 5.98. The summed E-state index contributed by atoms with van der Waals surface area (Å²) < 4.78 is 4.77. The molecule has 0 spiro atoms. The van der Waals surface area contributed by atoms with Crippen molar-refractivity contribution < 1.29 is 9.53 Å². The Hall–Kier alpha value is -0.640. The van der Waals surface area contributed by atoms with Crippen molar-refractivity contribution in [3.63, 3.8) is 0 Å². The second-order valence-electron chi connectivity index (χ2n) is 4.11. The van der Waals surface area contributed by atoms with Crippen molar-refractivity contribution in [3.05, 3.63) is 27.2 Å². The molecule has 3 nitrogen and oxygen atoms in total. The van der Waals surface area contributed by atoms with Crippen molar-refractivity contribution in [1.82, 2.24) is 0 Å². The molecule has 6 heteroatoms. The second kappa shape index (κ2) is 7.83. The van der Waals surface area contributed by atoms with Crippen molar-refractivity contribution in [1.29, 1.82) is 0 Å². The summed E-state index contributed by atoms with van der Waals surface area (Å²) in [6.07, 6.45) is 2.57. The molecule has 106 valence electrons. The Morgan fingerprint density at radius 3 is 2.47 bits per heavy atom. The summed E-state index contributed by atoms with van der Waals surface area (Å²) in [5.74, 6) is -0.324. The molecular weight excluding hydrogens is 309 g/mol. The van der Waals surface area contributed by atoms with Crippen molar-refractivity contribution in [2.45, 2.75) is 32.2 Å². The van der Waals surface area contributed by atoms with Crippen molar-refractivity contribution >= 4 is 46.5 Å². The molecule has 0 radical (unpaired) electrons. The van der Waals surface area contributed by atoms with Gasteiger partial charge < -0.3 is 10.1 Å². The van der Waals surface area contributed by atoms with E-state index in [2.05, 4.69) is 12.2 Å². The first-order valence-corrected chi connectivity index (χ1v) is 7.11. The van der Waals surface area contributed by atoms with Gasteiger partial charge in [0.1, 0.15) is 6.04 Å². The molecule has 0 bridgehead atoms. The van der Waals surface area contributed by atoms with Gasteiger partial charge >= 0.3 is 5.97 Å². The molecule has 1 aromatic rings. The number of methoxy groups -OCH3 is 1. The van der Waals surface area contributed by atoms with E-state index in [1.54, 1.807) is 12.1 Å². The monoisotopic (exact) mass is 323 g/mol. The number of hydrogen-bond donors (Lipinski definition) is 1. The number of ether oxygens (including phenoxy) is 1. The molecule has 1 unspecified atom stereocenters. The van der Waals surface area contributed by atoms with Crippen molar-refractivity contribution in [2.75, 3.05) is 12.4 Å². The maximum atomic E-state index is 11.7. The molecule has 0 saturated heterocycles. The first-order chi connectivity index (χ1) is 8.99. The number of anilines is 1. The zero-order valence-corrected chi connectivity index (χ0v) is 13.1. The highest BCUT2D eigenvalue weighted by molar-refractivity contribution is 6.44.